The predicted molar refractivity (Wildman–Crippen MR) is 168 cm³/mol. The summed E-state index contributed by atoms with van der Waals surface area (Å²) in [7, 11) is 0. The Bertz CT molecular complexity index is 2010. The molecule has 1 aromatic heterocycles. The standard InChI is InChI=1S/C34H30N8O5/c1-34(2,33(47)38-27-8-5-21(12-35)25-14-36-15-26(25)27)41-18-19(13-37-41)3-4-20-16-40(17-20)22-6-7-23-24(11-22)32(46)42(31(23)45)28-9-10-29(43)39-30(28)44/h5-8,11,13,18,20,28,36H,9-10,14-17H2,1-2H3,(H,38,47)(H,39,43,44). The lowest BCUT2D eigenvalue weighted by Crippen LogP contribution is -2.54. The van der Waals surface area contributed by atoms with Crippen molar-refractivity contribution in [2.45, 2.75) is 51.4 Å². The van der Waals surface area contributed by atoms with Gasteiger partial charge in [0.2, 0.25) is 11.8 Å². The zero-order valence-corrected chi connectivity index (χ0v) is 25.7. The highest BCUT2D eigenvalue weighted by Gasteiger charge is 2.45. The van der Waals surface area contributed by atoms with Gasteiger partial charge < -0.3 is 15.5 Å². The average molecular weight is 631 g/mol. The minimum absolute atomic E-state index is 0.0623. The fraction of sp³-hybridized carbons (Fsp3) is 0.324. The van der Waals surface area contributed by atoms with Crippen LogP contribution in [-0.4, -0.2) is 63.3 Å². The Labute approximate surface area is 269 Å². The molecule has 2 saturated heterocycles. The first-order chi connectivity index (χ1) is 22.5. The number of nitrogens with one attached hydrogen (secondary N) is 3. The Morgan fingerprint density at radius 1 is 1.04 bits per heavy atom. The van der Waals surface area contributed by atoms with Crippen LogP contribution in [0.1, 0.15) is 69.7 Å². The number of anilines is 2. The molecule has 2 fully saturated rings. The summed E-state index contributed by atoms with van der Waals surface area (Å²) in [4.78, 5) is 66.4. The summed E-state index contributed by atoms with van der Waals surface area (Å²) in [5.41, 5.74) is 4.02. The highest BCUT2D eigenvalue weighted by atomic mass is 16.2. The van der Waals surface area contributed by atoms with Crippen LogP contribution in [0.5, 0.6) is 0 Å². The predicted octanol–water partition coefficient (Wildman–Crippen LogP) is 1.62. The van der Waals surface area contributed by atoms with Crippen molar-refractivity contribution in [3.05, 3.63) is 76.1 Å². The van der Waals surface area contributed by atoms with Crippen molar-refractivity contribution < 1.29 is 24.0 Å². The number of hydrogen-bond acceptors (Lipinski definition) is 9. The molecule has 47 heavy (non-hydrogen) atoms. The van der Waals surface area contributed by atoms with Crippen LogP contribution >= 0.6 is 0 Å². The Balaban J connectivity index is 0.978. The second kappa shape index (κ2) is 11.2. The summed E-state index contributed by atoms with van der Waals surface area (Å²) >= 11 is 0. The topological polar surface area (TPSA) is 170 Å². The van der Waals surface area contributed by atoms with Gasteiger partial charge in [-0.3, -0.25) is 38.9 Å². The van der Waals surface area contributed by atoms with Gasteiger partial charge in [-0.05, 0) is 61.7 Å². The molecule has 1 atom stereocenters. The second-order valence-electron chi connectivity index (χ2n) is 12.6. The van der Waals surface area contributed by atoms with E-state index in [1.165, 1.54) is 0 Å². The van der Waals surface area contributed by atoms with Crippen LogP contribution in [-0.2, 0) is 33.0 Å². The molecule has 0 bridgehead atoms. The third kappa shape index (κ3) is 5.11. The molecular weight excluding hydrogens is 600 g/mol. The number of rotatable bonds is 5. The van der Waals surface area contributed by atoms with Crippen molar-refractivity contribution in [3.63, 3.8) is 0 Å². The van der Waals surface area contributed by atoms with Gasteiger partial charge in [0.1, 0.15) is 11.6 Å². The fourth-order valence-electron chi connectivity index (χ4n) is 6.33. The molecule has 13 heteroatoms. The van der Waals surface area contributed by atoms with E-state index in [-0.39, 0.29) is 35.8 Å². The van der Waals surface area contributed by atoms with E-state index >= 15 is 0 Å². The largest absolute Gasteiger partial charge is 0.369 e. The van der Waals surface area contributed by atoms with Crippen molar-refractivity contribution >= 4 is 40.9 Å². The average Bonchev–Trinajstić information content (AvgIpc) is 3.77. The summed E-state index contributed by atoms with van der Waals surface area (Å²) in [6.07, 6.45) is 3.54. The maximum Gasteiger partial charge on any atom is 0.262 e. The lowest BCUT2D eigenvalue weighted by molar-refractivity contribution is -0.136. The zero-order valence-electron chi connectivity index (χ0n) is 25.7. The lowest BCUT2D eigenvalue weighted by Gasteiger charge is -2.38. The molecule has 7 rings (SSSR count). The van der Waals surface area contributed by atoms with Crippen LogP contribution in [0.4, 0.5) is 11.4 Å². The molecule has 0 spiro atoms. The highest BCUT2D eigenvalue weighted by Crippen LogP contribution is 2.33. The van der Waals surface area contributed by atoms with E-state index in [0.29, 0.717) is 43.0 Å². The SMILES string of the molecule is CC(C)(C(=O)Nc1ccc(C#N)c2c1CNC2)n1cc(C#CC2CN(c3ccc4c(c3)C(=O)N(C3CCC(=O)NC3=O)C4=O)C2)cn1. The molecule has 236 valence electrons. The van der Waals surface area contributed by atoms with Gasteiger partial charge in [0.05, 0.1) is 40.4 Å². The van der Waals surface area contributed by atoms with Crippen LogP contribution in [0.2, 0.25) is 0 Å². The van der Waals surface area contributed by atoms with Crippen molar-refractivity contribution in [1.29, 1.82) is 5.26 Å². The second-order valence-corrected chi connectivity index (χ2v) is 12.6. The number of piperidine rings is 1. The lowest BCUT2D eigenvalue weighted by atomic mass is 9.98. The Hall–Kier alpha value is -5.79. The van der Waals surface area contributed by atoms with E-state index in [2.05, 4.69) is 43.9 Å². The third-order valence-corrected chi connectivity index (χ3v) is 9.21. The molecule has 13 nitrogen and oxygen atoms in total. The van der Waals surface area contributed by atoms with Crippen molar-refractivity contribution in [3.8, 4) is 17.9 Å². The van der Waals surface area contributed by atoms with E-state index in [0.717, 1.165) is 21.7 Å². The van der Waals surface area contributed by atoms with Gasteiger partial charge in [-0.15, -0.1) is 0 Å². The third-order valence-electron chi connectivity index (χ3n) is 9.21. The number of carbonyl (C=O) groups is 5. The first-order valence-corrected chi connectivity index (χ1v) is 15.3. The highest BCUT2D eigenvalue weighted by molar-refractivity contribution is 6.23. The van der Waals surface area contributed by atoms with Gasteiger partial charge in [-0.1, -0.05) is 11.8 Å². The smallest absolute Gasteiger partial charge is 0.262 e. The van der Waals surface area contributed by atoms with Gasteiger partial charge in [0.25, 0.3) is 17.7 Å². The molecule has 2 aromatic carbocycles. The van der Waals surface area contributed by atoms with Gasteiger partial charge >= 0.3 is 0 Å². The van der Waals surface area contributed by atoms with Crippen molar-refractivity contribution in [1.82, 2.24) is 25.3 Å². The number of aromatic nitrogens is 2. The summed E-state index contributed by atoms with van der Waals surface area (Å²) < 4.78 is 1.59. The van der Waals surface area contributed by atoms with Crippen LogP contribution in [0, 0.1) is 29.1 Å². The molecule has 1 unspecified atom stereocenters. The normalized spacial score (nSPS) is 19.0. The van der Waals surface area contributed by atoms with E-state index in [9.17, 15) is 29.2 Å². The quantitative estimate of drug-likeness (QED) is 0.280. The van der Waals surface area contributed by atoms with Crippen LogP contribution in [0.25, 0.3) is 0 Å². The Morgan fingerprint density at radius 2 is 1.81 bits per heavy atom. The minimum Gasteiger partial charge on any atom is -0.369 e. The van der Waals surface area contributed by atoms with Gasteiger partial charge in [0.15, 0.2) is 0 Å². The minimum atomic E-state index is -1.01. The number of benzene rings is 2. The Kier molecular flexibility index (Phi) is 7.14. The zero-order chi connectivity index (χ0) is 33.0. The number of hydrogen-bond donors (Lipinski definition) is 3. The number of carbonyl (C=O) groups excluding carboxylic acids is 5. The van der Waals surface area contributed by atoms with Gasteiger partial charge in [0, 0.05) is 50.2 Å². The number of imide groups is 2. The van der Waals surface area contributed by atoms with Gasteiger partial charge in [-0.25, -0.2) is 0 Å². The van der Waals surface area contributed by atoms with Crippen molar-refractivity contribution in [2.24, 2.45) is 5.92 Å². The van der Waals surface area contributed by atoms with Crippen molar-refractivity contribution in [2.75, 3.05) is 23.3 Å². The number of amides is 5. The summed E-state index contributed by atoms with van der Waals surface area (Å²) in [6, 6.07) is 9.74. The van der Waals surface area contributed by atoms with Crippen LogP contribution in [0.3, 0.4) is 0 Å². The van der Waals surface area contributed by atoms with Crippen LogP contribution < -0.4 is 20.9 Å². The monoisotopic (exact) mass is 630 g/mol. The number of nitrogens with zero attached hydrogens (tertiary/aromatic N) is 5. The summed E-state index contributed by atoms with van der Waals surface area (Å²) in [5, 5.41) is 22.3. The number of fused-ring (bicyclic) bond motifs is 2. The fourth-order valence-corrected chi connectivity index (χ4v) is 6.33. The Morgan fingerprint density at radius 3 is 2.57 bits per heavy atom. The molecule has 3 N–H and O–H groups in total. The van der Waals surface area contributed by atoms with E-state index < -0.39 is 35.2 Å². The van der Waals surface area contributed by atoms with E-state index in [1.807, 2.05) is 0 Å². The first-order valence-electron chi connectivity index (χ1n) is 15.3. The molecule has 5 heterocycles. The molecular formula is C34H30N8O5. The van der Waals surface area contributed by atoms with Gasteiger partial charge in [-0.2, -0.15) is 10.4 Å². The summed E-state index contributed by atoms with van der Waals surface area (Å²) in [5.74, 6) is 4.10. The summed E-state index contributed by atoms with van der Waals surface area (Å²) in [6.45, 7) is 5.96. The molecule has 5 amide bonds. The van der Waals surface area contributed by atoms with Crippen LogP contribution in [0.15, 0.2) is 42.7 Å². The van der Waals surface area contributed by atoms with E-state index in [1.54, 1.807) is 61.3 Å². The molecule has 0 saturated carbocycles. The number of nitriles is 1. The molecule has 0 aliphatic carbocycles. The molecule has 4 aliphatic heterocycles. The molecule has 3 aromatic rings. The van der Waals surface area contributed by atoms with E-state index in [4.69, 9.17) is 0 Å². The molecule has 4 aliphatic rings. The maximum absolute atomic E-state index is 13.4. The molecule has 0 radical (unpaired) electrons. The first kappa shape index (κ1) is 29.9. The maximum atomic E-state index is 13.4.